The van der Waals surface area contributed by atoms with E-state index in [1.54, 1.807) is 18.3 Å². The van der Waals surface area contributed by atoms with Crippen molar-refractivity contribution in [3.8, 4) is 5.88 Å². The Morgan fingerprint density at radius 1 is 1.10 bits per heavy atom. The molecule has 3 heterocycles. The fraction of sp³-hybridized carbons (Fsp3) is 0.500. The van der Waals surface area contributed by atoms with Gasteiger partial charge in [0.05, 0.1) is 6.61 Å². The zero-order valence-electron chi connectivity index (χ0n) is 17.5. The first-order valence-electron chi connectivity index (χ1n) is 11.0. The fourth-order valence-corrected chi connectivity index (χ4v) is 4.09. The molecular formula is C24H31N3O3. The Labute approximate surface area is 178 Å². The van der Waals surface area contributed by atoms with Crippen molar-refractivity contribution in [3.05, 3.63) is 59.8 Å². The largest absolute Gasteiger partial charge is 0.477 e. The van der Waals surface area contributed by atoms with E-state index < -0.39 is 0 Å². The molecule has 2 aliphatic rings. The fourth-order valence-electron chi connectivity index (χ4n) is 4.09. The van der Waals surface area contributed by atoms with E-state index in [4.69, 9.17) is 9.47 Å². The molecule has 1 aromatic heterocycles. The number of ether oxygens (including phenoxy) is 2. The van der Waals surface area contributed by atoms with Crippen LogP contribution in [-0.4, -0.2) is 54.7 Å². The number of piperidine rings is 1. The molecule has 2 aromatic rings. The highest BCUT2D eigenvalue weighted by Crippen LogP contribution is 2.18. The molecule has 0 bridgehead atoms. The molecule has 0 aliphatic carbocycles. The van der Waals surface area contributed by atoms with Gasteiger partial charge in [-0.25, -0.2) is 4.98 Å². The van der Waals surface area contributed by atoms with E-state index in [0.29, 0.717) is 24.0 Å². The highest BCUT2D eigenvalue weighted by Gasteiger charge is 2.21. The molecule has 0 atom stereocenters. The summed E-state index contributed by atoms with van der Waals surface area (Å²) >= 11 is 0. The zero-order valence-corrected chi connectivity index (χ0v) is 17.5. The standard InChI is InChI=1S/C24H31N3O3/c28-24(21-6-11-25-23(16-21)30-18-20-9-14-29-15-10-20)26-22-7-12-27(13-8-22)17-19-4-2-1-3-5-19/h1-6,11,16,20,22H,7-10,12-15,17-18H2,(H,26,28). The third-order valence-electron chi connectivity index (χ3n) is 5.98. The van der Waals surface area contributed by atoms with E-state index in [-0.39, 0.29) is 11.9 Å². The number of hydrogen-bond donors (Lipinski definition) is 1. The first-order valence-corrected chi connectivity index (χ1v) is 11.0. The van der Waals surface area contributed by atoms with Crippen LogP contribution in [0.4, 0.5) is 0 Å². The molecule has 2 fully saturated rings. The van der Waals surface area contributed by atoms with Gasteiger partial charge in [0, 0.05) is 56.7 Å². The van der Waals surface area contributed by atoms with Gasteiger partial charge in [0.1, 0.15) is 0 Å². The Hall–Kier alpha value is -2.44. The molecular weight excluding hydrogens is 378 g/mol. The lowest BCUT2D eigenvalue weighted by Crippen LogP contribution is -2.44. The number of amides is 1. The molecule has 2 aliphatic heterocycles. The first-order chi connectivity index (χ1) is 14.8. The first kappa shape index (κ1) is 20.8. The third-order valence-corrected chi connectivity index (χ3v) is 5.98. The van der Waals surface area contributed by atoms with Crippen LogP contribution in [0, 0.1) is 5.92 Å². The van der Waals surface area contributed by atoms with E-state index >= 15 is 0 Å². The van der Waals surface area contributed by atoms with Crippen LogP contribution in [0.15, 0.2) is 48.7 Å². The molecule has 1 amide bonds. The number of benzene rings is 1. The van der Waals surface area contributed by atoms with Crippen molar-refractivity contribution in [2.45, 2.75) is 38.3 Å². The molecule has 160 valence electrons. The Balaban J connectivity index is 1.23. The molecule has 0 radical (unpaired) electrons. The van der Waals surface area contributed by atoms with Crippen LogP contribution >= 0.6 is 0 Å². The Bertz CT molecular complexity index is 800. The summed E-state index contributed by atoms with van der Waals surface area (Å²) in [5, 5.41) is 3.19. The maximum absolute atomic E-state index is 12.7. The van der Waals surface area contributed by atoms with Gasteiger partial charge in [-0.1, -0.05) is 30.3 Å². The number of carbonyl (C=O) groups excluding carboxylic acids is 1. The van der Waals surface area contributed by atoms with Crippen LogP contribution in [0.1, 0.15) is 41.6 Å². The number of likely N-dealkylation sites (tertiary alicyclic amines) is 1. The smallest absolute Gasteiger partial charge is 0.251 e. The lowest BCUT2D eigenvalue weighted by atomic mass is 10.0. The Kier molecular flexibility index (Phi) is 7.32. The zero-order chi connectivity index (χ0) is 20.6. The predicted octanol–water partition coefficient (Wildman–Crippen LogP) is 3.28. The van der Waals surface area contributed by atoms with Crippen molar-refractivity contribution in [1.82, 2.24) is 15.2 Å². The summed E-state index contributed by atoms with van der Waals surface area (Å²) in [6.07, 6.45) is 5.62. The summed E-state index contributed by atoms with van der Waals surface area (Å²) in [5.74, 6) is 0.973. The highest BCUT2D eigenvalue weighted by molar-refractivity contribution is 5.94. The molecule has 0 saturated carbocycles. The number of hydrogen-bond acceptors (Lipinski definition) is 5. The maximum atomic E-state index is 12.7. The van der Waals surface area contributed by atoms with Crippen LogP contribution in [-0.2, 0) is 11.3 Å². The SMILES string of the molecule is O=C(NC1CCN(Cc2ccccc2)CC1)c1ccnc(OCC2CCOCC2)c1. The number of aromatic nitrogens is 1. The molecule has 1 aromatic carbocycles. The molecule has 6 heteroatoms. The number of nitrogens with zero attached hydrogens (tertiary/aromatic N) is 2. The Morgan fingerprint density at radius 2 is 1.87 bits per heavy atom. The summed E-state index contributed by atoms with van der Waals surface area (Å²) in [6, 6.07) is 14.3. The summed E-state index contributed by atoms with van der Waals surface area (Å²) in [5.41, 5.74) is 1.95. The van der Waals surface area contributed by atoms with Crippen LogP contribution in [0.5, 0.6) is 5.88 Å². The van der Waals surface area contributed by atoms with Gasteiger partial charge >= 0.3 is 0 Å². The van der Waals surface area contributed by atoms with Gasteiger partial charge in [-0.3, -0.25) is 9.69 Å². The van der Waals surface area contributed by atoms with Gasteiger partial charge < -0.3 is 14.8 Å². The van der Waals surface area contributed by atoms with Crippen molar-refractivity contribution in [2.24, 2.45) is 5.92 Å². The average molecular weight is 410 g/mol. The van der Waals surface area contributed by atoms with E-state index in [0.717, 1.165) is 58.5 Å². The molecule has 6 nitrogen and oxygen atoms in total. The predicted molar refractivity (Wildman–Crippen MR) is 115 cm³/mol. The van der Waals surface area contributed by atoms with Crippen molar-refractivity contribution in [3.63, 3.8) is 0 Å². The average Bonchev–Trinajstić information content (AvgIpc) is 2.80. The van der Waals surface area contributed by atoms with Crippen molar-refractivity contribution in [2.75, 3.05) is 32.9 Å². The molecule has 30 heavy (non-hydrogen) atoms. The summed E-state index contributed by atoms with van der Waals surface area (Å²) in [7, 11) is 0. The van der Waals surface area contributed by atoms with Crippen molar-refractivity contribution < 1.29 is 14.3 Å². The number of carbonyl (C=O) groups is 1. The molecule has 0 unspecified atom stereocenters. The van der Waals surface area contributed by atoms with Crippen LogP contribution in [0.3, 0.4) is 0 Å². The second kappa shape index (κ2) is 10.5. The third kappa shape index (κ3) is 6.03. The lowest BCUT2D eigenvalue weighted by molar-refractivity contribution is 0.0490. The lowest BCUT2D eigenvalue weighted by Gasteiger charge is -2.32. The quantitative estimate of drug-likeness (QED) is 0.760. The second-order valence-corrected chi connectivity index (χ2v) is 8.26. The second-order valence-electron chi connectivity index (χ2n) is 8.26. The molecule has 0 spiro atoms. The summed E-state index contributed by atoms with van der Waals surface area (Å²) in [6.45, 7) is 5.19. The number of nitrogens with one attached hydrogen (secondary N) is 1. The summed E-state index contributed by atoms with van der Waals surface area (Å²) in [4.78, 5) is 19.4. The van der Waals surface area contributed by atoms with Gasteiger partial charge in [0.25, 0.3) is 5.91 Å². The Morgan fingerprint density at radius 3 is 2.63 bits per heavy atom. The highest BCUT2D eigenvalue weighted by atomic mass is 16.5. The summed E-state index contributed by atoms with van der Waals surface area (Å²) < 4.78 is 11.2. The monoisotopic (exact) mass is 409 g/mol. The van der Waals surface area contributed by atoms with Crippen LogP contribution < -0.4 is 10.1 Å². The van der Waals surface area contributed by atoms with E-state index in [9.17, 15) is 4.79 Å². The minimum absolute atomic E-state index is 0.0465. The minimum Gasteiger partial charge on any atom is -0.477 e. The van der Waals surface area contributed by atoms with Gasteiger partial charge in [-0.2, -0.15) is 0 Å². The van der Waals surface area contributed by atoms with E-state index in [1.165, 1.54) is 5.56 Å². The van der Waals surface area contributed by atoms with Gasteiger partial charge in [-0.05, 0) is 43.2 Å². The molecule has 4 rings (SSSR count). The van der Waals surface area contributed by atoms with E-state index in [2.05, 4.69) is 39.5 Å². The topological polar surface area (TPSA) is 63.7 Å². The molecule has 1 N–H and O–H groups in total. The van der Waals surface area contributed by atoms with Gasteiger partial charge in [-0.15, -0.1) is 0 Å². The van der Waals surface area contributed by atoms with Crippen molar-refractivity contribution in [1.29, 1.82) is 0 Å². The maximum Gasteiger partial charge on any atom is 0.251 e. The van der Waals surface area contributed by atoms with Crippen LogP contribution in [0.25, 0.3) is 0 Å². The van der Waals surface area contributed by atoms with E-state index in [1.807, 2.05) is 6.07 Å². The minimum atomic E-state index is -0.0465. The normalized spacial score (nSPS) is 18.8. The number of pyridine rings is 1. The number of rotatable bonds is 7. The van der Waals surface area contributed by atoms with Gasteiger partial charge in [0.15, 0.2) is 0 Å². The van der Waals surface area contributed by atoms with Gasteiger partial charge in [0.2, 0.25) is 5.88 Å². The van der Waals surface area contributed by atoms with Crippen molar-refractivity contribution >= 4 is 5.91 Å². The van der Waals surface area contributed by atoms with Crippen LogP contribution in [0.2, 0.25) is 0 Å². The molecule has 2 saturated heterocycles.